The molecule has 164 valence electrons. The summed E-state index contributed by atoms with van der Waals surface area (Å²) in [6.45, 7) is 5.59. The molecule has 0 radical (unpaired) electrons. The summed E-state index contributed by atoms with van der Waals surface area (Å²) in [4.78, 5) is 8.79. The lowest BCUT2D eigenvalue weighted by atomic mass is 10.0. The highest BCUT2D eigenvalue weighted by molar-refractivity contribution is 7.92. The van der Waals surface area contributed by atoms with Crippen LogP contribution in [0.25, 0.3) is 11.3 Å². The average molecular weight is 450 g/mol. The minimum absolute atomic E-state index is 0.108. The second-order valence-electron chi connectivity index (χ2n) is 7.28. The summed E-state index contributed by atoms with van der Waals surface area (Å²) in [5.74, 6) is 0.730. The van der Waals surface area contributed by atoms with E-state index < -0.39 is 10.0 Å². The molecule has 32 heavy (non-hydrogen) atoms. The molecule has 2 N–H and O–H groups in total. The Morgan fingerprint density at radius 3 is 2.44 bits per heavy atom. The number of aromatic nitrogens is 3. The monoisotopic (exact) mass is 449 g/mol. The van der Waals surface area contributed by atoms with Crippen molar-refractivity contribution >= 4 is 27.4 Å². The molecule has 0 spiro atoms. The maximum atomic E-state index is 12.7. The van der Waals surface area contributed by atoms with Crippen molar-refractivity contribution in [2.75, 3.05) is 10.0 Å². The van der Waals surface area contributed by atoms with E-state index in [9.17, 15) is 8.42 Å². The second kappa shape index (κ2) is 8.80. The van der Waals surface area contributed by atoms with E-state index in [0.717, 1.165) is 17.7 Å². The minimum atomic E-state index is -3.80. The van der Waals surface area contributed by atoms with Gasteiger partial charge in [-0.1, -0.05) is 36.3 Å². The van der Waals surface area contributed by atoms with Crippen LogP contribution in [0.5, 0.6) is 0 Å². The lowest BCUT2D eigenvalue weighted by Crippen LogP contribution is -2.13. The SMILES string of the molecule is CCc1ccccc1-c1cc(Nc2ccc(S(=O)(=O)Nc3onc(C)c3C)cc2)ncn1. The number of anilines is 3. The van der Waals surface area contributed by atoms with Crippen molar-refractivity contribution in [3.05, 3.63) is 77.7 Å². The Balaban J connectivity index is 1.52. The van der Waals surface area contributed by atoms with Crippen molar-refractivity contribution in [2.45, 2.75) is 32.1 Å². The van der Waals surface area contributed by atoms with Crippen molar-refractivity contribution in [3.63, 3.8) is 0 Å². The van der Waals surface area contributed by atoms with E-state index in [0.29, 0.717) is 22.8 Å². The van der Waals surface area contributed by atoms with Gasteiger partial charge in [0.25, 0.3) is 10.0 Å². The third kappa shape index (κ3) is 4.47. The van der Waals surface area contributed by atoms with Crippen LogP contribution in [0.4, 0.5) is 17.4 Å². The molecule has 2 heterocycles. The van der Waals surface area contributed by atoms with E-state index in [-0.39, 0.29) is 10.8 Å². The molecule has 0 saturated heterocycles. The highest BCUT2D eigenvalue weighted by atomic mass is 32.2. The molecule has 0 unspecified atom stereocenters. The molecule has 0 amide bonds. The van der Waals surface area contributed by atoms with Gasteiger partial charge in [0.1, 0.15) is 12.1 Å². The fourth-order valence-corrected chi connectivity index (χ4v) is 4.25. The van der Waals surface area contributed by atoms with E-state index >= 15 is 0 Å². The first-order valence-electron chi connectivity index (χ1n) is 10.1. The van der Waals surface area contributed by atoms with Crippen LogP contribution in [0.2, 0.25) is 0 Å². The number of nitrogens with zero attached hydrogens (tertiary/aromatic N) is 3. The van der Waals surface area contributed by atoms with Crippen LogP contribution in [-0.2, 0) is 16.4 Å². The van der Waals surface area contributed by atoms with E-state index in [1.54, 1.807) is 26.0 Å². The van der Waals surface area contributed by atoms with Crippen LogP contribution in [0, 0.1) is 13.8 Å². The van der Waals surface area contributed by atoms with Crippen LogP contribution in [0.15, 0.2) is 70.3 Å². The van der Waals surface area contributed by atoms with Gasteiger partial charge in [-0.15, -0.1) is 0 Å². The first kappa shape index (κ1) is 21.5. The topological polar surface area (TPSA) is 110 Å². The number of sulfonamides is 1. The van der Waals surface area contributed by atoms with E-state index in [1.165, 1.54) is 24.0 Å². The van der Waals surface area contributed by atoms with E-state index in [2.05, 4.69) is 38.2 Å². The minimum Gasteiger partial charge on any atom is -0.340 e. The van der Waals surface area contributed by atoms with Gasteiger partial charge in [-0.05, 0) is 50.1 Å². The number of hydrogen-bond acceptors (Lipinski definition) is 7. The number of hydrogen-bond donors (Lipinski definition) is 2. The summed E-state index contributed by atoms with van der Waals surface area (Å²) < 4.78 is 32.8. The molecule has 0 aliphatic heterocycles. The van der Waals surface area contributed by atoms with Crippen molar-refractivity contribution < 1.29 is 12.9 Å². The first-order valence-corrected chi connectivity index (χ1v) is 11.6. The van der Waals surface area contributed by atoms with Crippen LogP contribution in [0.1, 0.15) is 23.7 Å². The summed E-state index contributed by atoms with van der Waals surface area (Å²) in [5, 5.41) is 6.97. The highest BCUT2D eigenvalue weighted by Gasteiger charge is 2.19. The van der Waals surface area contributed by atoms with Crippen LogP contribution in [0.3, 0.4) is 0 Å². The Morgan fingerprint density at radius 2 is 1.75 bits per heavy atom. The summed E-state index contributed by atoms with van der Waals surface area (Å²) in [6.07, 6.45) is 2.41. The quantitative estimate of drug-likeness (QED) is 0.415. The Kier molecular flexibility index (Phi) is 5.91. The summed E-state index contributed by atoms with van der Waals surface area (Å²) in [7, 11) is -3.80. The van der Waals surface area contributed by atoms with Gasteiger partial charge in [-0.3, -0.25) is 0 Å². The molecule has 9 heteroatoms. The lowest BCUT2D eigenvalue weighted by Gasteiger charge is -2.10. The third-order valence-electron chi connectivity index (χ3n) is 5.16. The van der Waals surface area contributed by atoms with Crippen LogP contribution >= 0.6 is 0 Å². The standard InChI is InChI=1S/C23H23N5O3S/c1-4-17-7-5-6-8-20(17)21-13-22(25-14-24-21)26-18-9-11-19(12-10-18)32(29,30)28-23-15(2)16(3)27-31-23/h5-14,28H,4H2,1-3H3,(H,24,25,26). The molecule has 0 saturated carbocycles. The van der Waals surface area contributed by atoms with Gasteiger partial charge in [0.15, 0.2) is 0 Å². The van der Waals surface area contributed by atoms with Gasteiger partial charge in [0.2, 0.25) is 5.88 Å². The molecular formula is C23H23N5O3S. The average Bonchev–Trinajstić information content (AvgIpc) is 3.11. The Bertz CT molecular complexity index is 1350. The Morgan fingerprint density at radius 1 is 1.00 bits per heavy atom. The number of rotatable bonds is 7. The Hall–Kier alpha value is -3.72. The van der Waals surface area contributed by atoms with Gasteiger partial charge in [0.05, 0.1) is 16.3 Å². The van der Waals surface area contributed by atoms with Gasteiger partial charge < -0.3 is 9.84 Å². The Labute approximate surface area is 186 Å². The number of nitrogens with one attached hydrogen (secondary N) is 2. The van der Waals surface area contributed by atoms with Crippen LogP contribution in [-0.4, -0.2) is 23.5 Å². The van der Waals surface area contributed by atoms with Crippen molar-refractivity contribution in [2.24, 2.45) is 0 Å². The molecule has 0 aliphatic rings. The molecule has 0 atom stereocenters. The zero-order chi connectivity index (χ0) is 22.7. The summed E-state index contributed by atoms with van der Waals surface area (Å²) in [5.41, 5.74) is 5.07. The van der Waals surface area contributed by atoms with Gasteiger partial charge in [0, 0.05) is 22.9 Å². The largest absolute Gasteiger partial charge is 0.340 e. The molecule has 0 fully saturated rings. The number of benzene rings is 2. The normalized spacial score (nSPS) is 11.3. The van der Waals surface area contributed by atoms with Crippen molar-refractivity contribution in [1.29, 1.82) is 0 Å². The molecule has 2 aromatic carbocycles. The maximum absolute atomic E-state index is 12.7. The molecule has 2 aromatic heterocycles. The molecule has 0 bridgehead atoms. The molecular weight excluding hydrogens is 426 g/mol. The summed E-state index contributed by atoms with van der Waals surface area (Å²) >= 11 is 0. The molecule has 0 aliphatic carbocycles. The molecule has 4 aromatic rings. The van der Waals surface area contributed by atoms with Gasteiger partial charge in [-0.2, -0.15) is 0 Å². The van der Waals surface area contributed by atoms with Gasteiger partial charge >= 0.3 is 0 Å². The third-order valence-corrected chi connectivity index (χ3v) is 6.51. The maximum Gasteiger partial charge on any atom is 0.264 e. The second-order valence-corrected chi connectivity index (χ2v) is 8.96. The number of aryl methyl sites for hydroxylation is 2. The lowest BCUT2D eigenvalue weighted by molar-refractivity contribution is 0.430. The van der Waals surface area contributed by atoms with Gasteiger partial charge in [-0.25, -0.2) is 23.1 Å². The molecule has 8 nitrogen and oxygen atoms in total. The molecule has 4 rings (SSSR count). The van der Waals surface area contributed by atoms with Crippen LogP contribution < -0.4 is 10.0 Å². The van der Waals surface area contributed by atoms with E-state index in [1.807, 2.05) is 24.3 Å². The fourth-order valence-electron chi connectivity index (χ4n) is 3.21. The smallest absolute Gasteiger partial charge is 0.264 e. The first-order chi connectivity index (χ1) is 15.4. The van der Waals surface area contributed by atoms with Crippen molar-refractivity contribution in [3.8, 4) is 11.3 Å². The van der Waals surface area contributed by atoms with Crippen molar-refractivity contribution in [1.82, 2.24) is 15.1 Å². The predicted molar refractivity (Wildman–Crippen MR) is 123 cm³/mol. The zero-order valence-corrected chi connectivity index (χ0v) is 18.8. The fraction of sp³-hybridized carbons (Fsp3) is 0.174. The van der Waals surface area contributed by atoms with E-state index in [4.69, 9.17) is 4.52 Å². The highest BCUT2D eigenvalue weighted by Crippen LogP contribution is 2.26. The zero-order valence-electron chi connectivity index (χ0n) is 18.0. The summed E-state index contributed by atoms with van der Waals surface area (Å²) in [6, 6.07) is 16.4. The predicted octanol–water partition coefficient (Wildman–Crippen LogP) is 4.86.